The molecule has 0 saturated heterocycles. The molecule has 0 amide bonds. The van der Waals surface area contributed by atoms with Gasteiger partial charge in [0.15, 0.2) is 0 Å². The summed E-state index contributed by atoms with van der Waals surface area (Å²) in [5, 5.41) is 20.0. The second kappa shape index (κ2) is 9.23. The Labute approximate surface area is 188 Å². The number of sulfonamides is 1. The standard InChI is InChI=1S/C24H27N3O4S/c1-2-14-32(29,30)26-18-8-6-17(7-9-18)24-22(16-25)21-11-10-20(31-13-12-28)15-23(21)27(24)19-4-3-5-19/h6-11,15,19,26,28H,2-5,12-14H2,1H3. The van der Waals surface area contributed by atoms with Crippen LogP contribution in [0.2, 0.25) is 0 Å². The van der Waals surface area contributed by atoms with Crippen LogP contribution in [0.25, 0.3) is 22.2 Å². The quantitative estimate of drug-likeness (QED) is 0.499. The van der Waals surface area contributed by atoms with Crippen molar-refractivity contribution in [2.24, 2.45) is 0 Å². The molecule has 0 bridgehead atoms. The number of rotatable bonds is 9. The van der Waals surface area contributed by atoms with Gasteiger partial charge in [0.05, 0.1) is 29.1 Å². The van der Waals surface area contributed by atoms with E-state index in [1.807, 2.05) is 37.3 Å². The summed E-state index contributed by atoms with van der Waals surface area (Å²) >= 11 is 0. The fraction of sp³-hybridized carbons (Fsp3) is 0.375. The number of nitriles is 1. The van der Waals surface area contributed by atoms with Gasteiger partial charge in [0.25, 0.3) is 0 Å². The van der Waals surface area contributed by atoms with Crippen molar-refractivity contribution in [1.82, 2.24) is 4.57 Å². The lowest BCUT2D eigenvalue weighted by molar-refractivity contribution is 0.201. The van der Waals surface area contributed by atoms with Gasteiger partial charge in [-0.3, -0.25) is 4.72 Å². The normalized spacial score (nSPS) is 14.2. The summed E-state index contributed by atoms with van der Waals surface area (Å²) in [6.07, 6.45) is 3.77. The molecule has 1 aliphatic carbocycles. The smallest absolute Gasteiger partial charge is 0.232 e. The van der Waals surface area contributed by atoms with Gasteiger partial charge in [-0.15, -0.1) is 0 Å². The lowest BCUT2D eigenvalue weighted by atomic mass is 9.92. The topological polar surface area (TPSA) is 104 Å². The molecule has 3 aromatic rings. The molecule has 0 radical (unpaired) electrons. The van der Waals surface area contributed by atoms with E-state index in [0.29, 0.717) is 29.5 Å². The average Bonchev–Trinajstić information content (AvgIpc) is 3.04. The van der Waals surface area contributed by atoms with E-state index in [2.05, 4.69) is 15.4 Å². The highest BCUT2D eigenvalue weighted by atomic mass is 32.2. The summed E-state index contributed by atoms with van der Waals surface area (Å²) in [7, 11) is -3.36. The molecule has 0 aliphatic heterocycles. The summed E-state index contributed by atoms with van der Waals surface area (Å²) < 4.78 is 34.6. The lowest BCUT2D eigenvalue weighted by Gasteiger charge is -2.30. The van der Waals surface area contributed by atoms with Gasteiger partial charge in [-0.2, -0.15) is 5.26 Å². The first-order valence-electron chi connectivity index (χ1n) is 10.9. The third kappa shape index (κ3) is 4.31. The van der Waals surface area contributed by atoms with E-state index >= 15 is 0 Å². The van der Waals surface area contributed by atoms with Crippen molar-refractivity contribution in [2.45, 2.75) is 38.6 Å². The largest absolute Gasteiger partial charge is 0.491 e. The van der Waals surface area contributed by atoms with E-state index in [4.69, 9.17) is 9.84 Å². The molecular formula is C24H27N3O4S. The van der Waals surface area contributed by atoms with Crippen molar-refractivity contribution >= 4 is 26.6 Å². The van der Waals surface area contributed by atoms with E-state index in [1.54, 1.807) is 12.1 Å². The van der Waals surface area contributed by atoms with Crippen molar-refractivity contribution in [1.29, 1.82) is 5.26 Å². The molecule has 7 nitrogen and oxygen atoms in total. The van der Waals surface area contributed by atoms with Gasteiger partial charge >= 0.3 is 0 Å². The second-order valence-electron chi connectivity index (χ2n) is 8.04. The number of aliphatic hydroxyl groups is 1. The fourth-order valence-corrected chi connectivity index (χ4v) is 5.29. The third-order valence-corrected chi connectivity index (χ3v) is 7.28. The highest BCUT2D eigenvalue weighted by molar-refractivity contribution is 7.92. The number of fused-ring (bicyclic) bond motifs is 1. The van der Waals surface area contributed by atoms with Crippen molar-refractivity contribution in [3.8, 4) is 23.1 Å². The van der Waals surface area contributed by atoms with E-state index in [9.17, 15) is 13.7 Å². The highest BCUT2D eigenvalue weighted by Crippen LogP contribution is 2.43. The van der Waals surface area contributed by atoms with Gasteiger partial charge in [-0.1, -0.05) is 19.1 Å². The van der Waals surface area contributed by atoms with Crippen LogP contribution in [0.1, 0.15) is 44.2 Å². The maximum absolute atomic E-state index is 12.1. The van der Waals surface area contributed by atoms with Gasteiger partial charge in [0, 0.05) is 23.2 Å². The molecule has 2 N–H and O–H groups in total. The number of benzene rings is 2. The Morgan fingerprint density at radius 3 is 2.56 bits per heavy atom. The van der Waals surface area contributed by atoms with Crippen LogP contribution in [-0.4, -0.2) is 37.1 Å². The first kappa shape index (κ1) is 22.2. The Bertz CT molecular complexity index is 1250. The summed E-state index contributed by atoms with van der Waals surface area (Å²) in [6, 6.07) is 15.5. The Kier molecular flexibility index (Phi) is 6.40. The number of aromatic nitrogens is 1. The molecule has 4 rings (SSSR count). The zero-order valence-electron chi connectivity index (χ0n) is 18.0. The average molecular weight is 454 g/mol. The van der Waals surface area contributed by atoms with E-state index in [0.717, 1.165) is 41.4 Å². The lowest BCUT2D eigenvalue weighted by Crippen LogP contribution is -2.18. The van der Waals surface area contributed by atoms with Crippen LogP contribution in [0.3, 0.4) is 0 Å². The predicted octanol–water partition coefficient (Wildman–Crippen LogP) is 4.43. The summed E-state index contributed by atoms with van der Waals surface area (Å²) in [5.74, 6) is 0.727. The number of hydrogen-bond acceptors (Lipinski definition) is 5. The summed E-state index contributed by atoms with van der Waals surface area (Å²) in [5.41, 5.74) is 3.74. The summed E-state index contributed by atoms with van der Waals surface area (Å²) in [6.45, 7) is 1.97. The predicted molar refractivity (Wildman–Crippen MR) is 125 cm³/mol. The molecule has 1 heterocycles. The Morgan fingerprint density at radius 1 is 1.22 bits per heavy atom. The fourth-order valence-electron chi connectivity index (χ4n) is 4.16. The molecule has 0 unspecified atom stereocenters. The minimum atomic E-state index is -3.36. The molecule has 1 aliphatic rings. The van der Waals surface area contributed by atoms with Crippen LogP contribution in [0, 0.1) is 11.3 Å². The summed E-state index contributed by atoms with van der Waals surface area (Å²) in [4.78, 5) is 0. The van der Waals surface area contributed by atoms with Crippen LogP contribution in [-0.2, 0) is 10.0 Å². The Hall–Kier alpha value is -3.02. The number of hydrogen-bond donors (Lipinski definition) is 2. The molecule has 0 atom stereocenters. The maximum Gasteiger partial charge on any atom is 0.232 e. The van der Waals surface area contributed by atoms with Gasteiger partial charge < -0.3 is 14.4 Å². The number of anilines is 1. The molecular weight excluding hydrogens is 426 g/mol. The molecule has 32 heavy (non-hydrogen) atoms. The molecule has 1 fully saturated rings. The van der Waals surface area contributed by atoms with Crippen LogP contribution in [0.5, 0.6) is 5.75 Å². The number of nitrogens with one attached hydrogen (secondary N) is 1. The van der Waals surface area contributed by atoms with Crippen molar-refractivity contribution < 1.29 is 18.3 Å². The molecule has 0 spiro atoms. The van der Waals surface area contributed by atoms with E-state index < -0.39 is 10.0 Å². The monoisotopic (exact) mass is 453 g/mol. The molecule has 2 aromatic carbocycles. The Balaban J connectivity index is 1.80. The first-order chi connectivity index (χ1) is 15.5. The SMILES string of the molecule is CCCS(=O)(=O)Nc1ccc(-c2c(C#N)c3ccc(OCCO)cc3n2C2CCC2)cc1. The van der Waals surface area contributed by atoms with Crippen LogP contribution < -0.4 is 9.46 Å². The van der Waals surface area contributed by atoms with Crippen LogP contribution >= 0.6 is 0 Å². The van der Waals surface area contributed by atoms with E-state index in [-0.39, 0.29) is 19.0 Å². The number of nitrogens with zero attached hydrogens (tertiary/aromatic N) is 2. The minimum absolute atomic E-state index is 0.0648. The highest BCUT2D eigenvalue weighted by Gasteiger charge is 2.28. The van der Waals surface area contributed by atoms with Crippen molar-refractivity contribution in [3.63, 3.8) is 0 Å². The number of aliphatic hydroxyl groups excluding tert-OH is 1. The van der Waals surface area contributed by atoms with Crippen molar-refractivity contribution in [3.05, 3.63) is 48.0 Å². The molecule has 1 saturated carbocycles. The maximum atomic E-state index is 12.1. The molecule has 168 valence electrons. The Morgan fingerprint density at radius 2 is 1.97 bits per heavy atom. The zero-order chi connectivity index (χ0) is 22.7. The molecule has 1 aromatic heterocycles. The van der Waals surface area contributed by atoms with Gasteiger partial charge in [0.1, 0.15) is 18.4 Å². The minimum Gasteiger partial charge on any atom is -0.491 e. The van der Waals surface area contributed by atoms with Crippen molar-refractivity contribution in [2.75, 3.05) is 23.7 Å². The van der Waals surface area contributed by atoms with E-state index in [1.165, 1.54) is 0 Å². The first-order valence-corrected chi connectivity index (χ1v) is 12.5. The second-order valence-corrected chi connectivity index (χ2v) is 9.88. The zero-order valence-corrected chi connectivity index (χ0v) is 18.9. The van der Waals surface area contributed by atoms with Gasteiger partial charge in [-0.25, -0.2) is 8.42 Å². The van der Waals surface area contributed by atoms with Gasteiger partial charge in [-0.05, 0) is 55.5 Å². The molecule has 8 heteroatoms. The van der Waals surface area contributed by atoms with Crippen LogP contribution in [0.15, 0.2) is 42.5 Å². The van der Waals surface area contributed by atoms with Gasteiger partial charge in [0.2, 0.25) is 10.0 Å². The third-order valence-electron chi connectivity index (χ3n) is 5.79. The number of ether oxygens (including phenoxy) is 1. The van der Waals surface area contributed by atoms with Crippen LogP contribution in [0.4, 0.5) is 5.69 Å².